The van der Waals surface area contributed by atoms with Gasteiger partial charge in [-0.3, -0.25) is 4.79 Å². The fourth-order valence-electron chi connectivity index (χ4n) is 1.69. The Balaban J connectivity index is 2.27. The van der Waals surface area contributed by atoms with Crippen molar-refractivity contribution in [2.24, 2.45) is 0 Å². The topological polar surface area (TPSA) is 70.6 Å². The van der Waals surface area contributed by atoms with E-state index in [1.807, 2.05) is 24.3 Å². The second-order valence-electron chi connectivity index (χ2n) is 4.39. The molecular formula is C14H22N2O3. The van der Waals surface area contributed by atoms with E-state index in [1.165, 1.54) is 0 Å². The first-order valence-electron chi connectivity index (χ1n) is 6.41. The fourth-order valence-corrected chi connectivity index (χ4v) is 1.69. The van der Waals surface area contributed by atoms with Crippen molar-refractivity contribution < 1.29 is 14.6 Å². The van der Waals surface area contributed by atoms with Crippen LogP contribution in [0.25, 0.3) is 0 Å². The van der Waals surface area contributed by atoms with Crippen LogP contribution in [-0.4, -0.2) is 43.9 Å². The molecule has 19 heavy (non-hydrogen) atoms. The van der Waals surface area contributed by atoms with Crippen molar-refractivity contribution in [1.82, 2.24) is 10.6 Å². The zero-order valence-corrected chi connectivity index (χ0v) is 11.5. The summed E-state index contributed by atoms with van der Waals surface area (Å²) in [7, 11) is 1.59. The Labute approximate surface area is 114 Å². The van der Waals surface area contributed by atoms with E-state index in [1.54, 1.807) is 14.0 Å². The van der Waals surface area contributed by atoms with E-state index in [0.717, 1.165) is 11.3 Å². The Bertz CT molecular complexity index is 394. The van der Waals surface area contributed by atoms with E-state index in [4.69, 9.17) is 9.84 Å². The molecule has 1 atom stereocenters. The average Bonchev–Trinajstić information content (AvgIpc) is 2.38. The molecule has 106 valence electrons. The third-order valence-corrected chi connectivity index (χ3v) is 2.61. The van der Waals surface area contributed by atoms with Gasteiger partial charge in [0.15, 0.2) is 0 Å². The second kappa shape index (κ2) is 8.50. The standard InChI is InChI=1S/C14H22N2O3/c1-11(17)10-15-7-8-16-14(18)9-12-5-3-4-6-13(12)19-2/h3-6,11,15,17H,7-10H2,1-2H3,(H,16,18). The summed E-state index contributed by atoms with van der Waals surface area (Å²) in [6.07, 6.45) is -0.0651. The molecule has 0 saturated heterocycles. The lowest BCUT2D eigenvalue weighted by molar-refractivity contribution is -0.120. The summed E-state index contributed by atoms with van der Waals surface area (Å²) in [5, 5.41) is 14.9. The summed E-state index contributed by atoms with van der Waals surface area (Å²) in [6, 6.07) is 7.48. The van der Waals surface area contributed by atoms with Crippen LogP contribution in [0.1, 0.15) is 12.5 Å². The number of carbonyl (C=O) groups is 1. The number of nitrogens with one attached hydrogen (secondary N) is 2. The van der Waals surface area contributed by atoms with Gasteiger partial charge in [0.2, 0.25) is 5.91 Å². The van der Waals surface area contributed by atoms with Crippen LogP contribution in [0.4, 0.5) is 0 Å². The van der Waals surface area contributed by atoms with Gasteiger partial charge in [-0.1, -0.05) is 18.2 Å². The summed E-state index contributed by atoms with van der Waals surface area (Å²) >= 11 is 0. The van der Waals surface area contributed by atoms with Crippen LogP contribution < -0.4 is 15.4 Å². The average molecular weight is 266 g/mol. The van der Waals surface area contributed by atoms with Gasteiger partial charge in [0.1, 0.15) is 5.75 Å². The number of aliphatic hydroxyl groups excluding tert-OH is 1. The van der Waals surface area contributed by atoms with Gasteiger partial charge in [0, 0.05) is 25.2 Å². The monoisotopic (exact) mass is 266 g/mol. The summed E-state index contributed by atoms with van der Waals surface area (Å²) < 4.78 is 5.20. The summed E-state index contributed by atoms with van der Waals surface area (Å²) in [5.41, 5.74) is 0.874. The molecule has 1 unspecified atom stereocenters. The lowest BCUT2D eigenvalue weighted by Crippen LogP contribution is -2.35. The van der Waals surface area contributed by atoms with Crippen LogP contribution in [0.15, 0.2) is 24.3 Å². The Morgan fingerprint density at radius 2 is 2.11 bits per heavy atom. The molecule has 0 heterocycles. The van der Waals surface area contributed by atoms with Crippen molar-refractivity contribution in [1.29, 1.82) is 0 Å². The number of hydrogen-bond acceptors (Lipinski definition) is 4. The molecule has 1 aromatic carbocycles. The fraction of sp³-hybridized carbons (Fsp3) is 0.500. The smallest absolute Gasteiger partial charge is 0.224 e. The predicted octanol–water partition coefficient (Wildman–Crippen LogP) is 0.324. The van der Waals surface area contributed by atoms with E-state index in [0.29, 0.717) is 26.1 Å². The highest BCUT2D eigenvalue weighted by atomic mass is 16.5. The number of hydrogen-bond donors (Lipinski definition) is 3. The zero-order valence-electron chi connectivity index (χ0n) is 11.5. The maximum Gasteiger partial charge on any atom is 0.224 e. The third kappa shape index (κ3) is 6.22. The van der Waals surface area contributed by atoms with Crippen LogP contribution in [-0.2, 0) is 11.2 Å². The largest absolute Gasteiger partial charge is 0.496 e. The number of aliphatic hydroxyl groups is 1. The first-order valence-corrected chi connectivity index (χ1v) is 6.41. The zero-order chi connectivity index (χ0) is 14.1. The van der Waals surface area contributed by atoms with Gasteiger partial charge in [-0.05, 0) is 13.0 Å². The number of para-hydroxylation sites is 1. The van der Waals surface area contributed by atoms with Crippen molar-refractivity contribution in [3.05, 3.63) is 29.8 Å². The summed E-state index contributed by atoms with van der Waals surface area (Å²) in [4.78, 5) is 11.7. The van der Waals surface area contributed by atoms with E-state index in [-0.39, 0.29) is 12.0 Å². The molecule has 0 saturated carbocycles. The van der Waals surface area contributed by atoms with Gasteiger partial charge in [0.25, 0.3) is 0 Å². The highest BCUT2D eigenvalue weighted by Crippen LogP contribution is 2.17. The molecule has 0 aliphatic carbocycles. The van der Waals surface area contributed by atoms with Crippen LogP contribution in [0.5, 0.6) is 5.75 Å². The molecular weight excluding hydrogens is 244 g/mol. The van der Waals surface area contributed by atoms with Crippen LogP contribution in [0, 0.1) is 0 Å². The van der Waals surface area contributed by atoms with Crippen molar-refractivity contribution in [3.63, 3.8) is 0 Å². The Morgan fingerprint density at radius 3 is 2.79 bits per heavy atom. The first-order chi connectivity index (χ1) is 9.13. The van der Waals surface area contributed by atoms with Crippen molar-refractivity contribution >= 4 is 5.91 Å². The molecule has 0 fully saturated rings. The number of rotatable bonds is 8. The number of benzene rings is 1. The molecule has 0 spiro atoms. The predicted molar refractivity (Wildman–Crippen MR) is 74.3 cm³/mol. The minimum absolute atomic E-state index is 0.0386. The molecule has 0 radical (unpaired) electrons. The molecule has 1 rings (SSSR count). The van der Waals surface area contributed by atoms with Crippen molar-refractivity contribution in [3.8, 4) is 5.75 Å². The number of ether oxygens (including phenoxy) is 1. The van der Waals surface area contributed by atoms with Gasteiger partial charge < -0.3 is 20.5 Å². The van der Waals surface area contributed by atoms with Crippen molar-refractivity contribution in [2.45, 2.75) is 19.4 Å². The van der Waals surface area contributed by atoms with E-state index in [9.17, 15) is 4.79 Å². The van der Waals surface area contributed by atoms with Crippen molar-refractivity contribution in [2.75, 3.05) is 26.7 Å². The molecule has 0 bridgehead atoms. The number of carbonyl (C=O) groups excluding carboxylic acids is 1. The summed E-state index contributed by atoms with van der Waals surface area (Å²) in [5.74, 6) is 0.688. The lowest BCUT2D eigenvalue weighted by atomic mass is 10.1. The highest BCUT2D eigenvalue weighted by Gasteiger charge is 2.07. The van der Waals surface area contributed by atoms with Gasteiger partial charge >= 0.3 is 0 Å². The molecule has 1 aromatic rings. The molecule has 5 nitrogen and oxygen atoms in total. The lowest BCUT2D eigenvalue weighted by Gasteiger charge is -2.10. The Morgan fingerprint density at radius 1 is 1.37 bits per heavy atom. The van der Waals surface area contributed by atoms with Gasteiger partial charge in [0.05, 0.1) is 19.6 Å². The quantitative estimate of drug-likeness (QED) is 0.593. The number of amides is 1. The minimum atomic E-state index is -0.371. The highest BCUT2D eigenvalue weighted by molar-refractivity contribution is 5.79. The third-order valence-electron chi connectivity index (χ3n) is 2.61. The first kappa shape index (κ1) is 15.5. The molecule has 0 aliphatic heterocycles. The number of methoxy groups -OCH3 is 1. The van der Waals surface area contributed by atoms with E-state index < -0.39 is 0 Å². The molecule has 3 N–H and O–H groups in total. The minimum Gasteiger partial charge on any atom is -0.496 e. The Hall–Kier alpha value is -1.59. The van der Waals surface area contributed by atoms with E-state index in [2.05, 4.69) is 10.6 Å². The van der Waals surface area contributed by atoms with Gasteiger partial charge in [-0.25, -0.2) is 0 Å². The molecule has 0 aromatic heterocycles. The molecule has 0 aliphatic rings. The van der Waals surface area contributed by atoms with E-state index >= 15 is 0 Å². The van der Waals surface area contributed by atoms with Gasteiger partial charge in [-0.2, -0.15) is 0 Å². The molecule has 5 heteroatoms. The normalized spacial score (nSPS) is 11.9. The Kier molecular flexibility index (Phi) is 6.92. The maximum atomic E-state index is 11.7. The maximum absolute atomic E-state index is 11.7. The second-order valence-corrected chi connectivity index (χ2v) is 4.39. The van der Waals surface area contributed by atoms with Crippen LogP contribution in [0.3, 0.4) is 0 Å². The SMILES string of the molecule is COc1ccccc1CC(=O)NCCNCC(C)O. The molecule has 1 amide bonds. The van der Waals surface area contributed by atoms with Gasteiger partial charge in [-0.15, -0.1) is 0 Å². The van der Waals surface area contributed by atoms with Crippen LogP contribution >= 0.6 is 0 Å². The van der Waals surface area contributed by atoms with Crippen LogP contribution in [0.2, 0.25) is 0 Å². The summed E-state index contributed by atoms with van der Waals surface area (Å²) in [6.45, 7) is 3.43.